The normalized spacial score (nSPS) is 21.3. The van der Waals surface area contributed by atoms with Gasteiger partial charge in [0.05, 0.1) is 19.3 Å². The van der Waals surface area contributed by atoms with E-state index in [9.17, 15) is 5.26 Å². The molecule has 1 N–H and O–H groups in total. The summed E-state index contributed by atoms with van der Waals surface area (Å²) in [5.41, 5.74) is -0.381. The summed E-state index contributed by atoms with van der Waals surface area (Å²) in [5, 5.41) is 12.5. The van der Waals surface area contributed by atoms with Crippen molar-refractivity contribution < 1.29 is 4.74 Å². The third kappa shape index (κ3) is 4.48. The molecular weight excluding hydrogens is 202 g/mol. The van der Waals surface area contributed by atoms with Crippen LogP contribution in [0.3, 0.4) is 0 Å². The van der Waals surface area contributed by atoms with E-state index in [-0.39, 0.29) is 5.54 Å². The molecule has 1 saturated heterocycles. The molecule has 1 heterocycles. The van der Waals surface area contributed by atoms with Crippen LogP contribution in [0.4, 0.5) is 0 Å². The maximum absolute atomic E-state index is 9.19. The Bertz CT molecular complexity index is 233. The van der Waals surface area contributed by atoms with Crippen LogP contribution in [0.5, 0.6) is 0 Å². The Kier molecular flexibility index (Phi) is 5.75. The zero-order chi connectivity index (χ0) is 11.9. The first-order valence-corrected chi connectivity index (χ1v) is 6.16. The highest BCUT2D eigenvalue weighted by atomic mass is 16.5. The largest absolute Gasteiger partial charge is 0.379 e. The van der Waals surface area contributed by atoms with E-state index in [1.54, 1.807) is 0 Å². The molecule has 1 aliphatic rings. The lowest BCUT2D eigenvalue weighted by Gasteiger charge is -2.30. The van der Waals surface area contributed by atoms with Gasteiger partial charge in [-0.05, 0) is 26.3 Å². The molecule has 0 aliphatic carbocycles. The lowest BCUT2D eigenvalue weighted by molar-refractivity contribution is 0.0352. The monoisotopic (exact) mass is 225 g/mol. The number of nitrogens with zero attached hydrogens (tertiary/aromatic N) is 2. The first-order valence-electron chi connectivity index (χ1n) is 6.16. The van der Waals surface area contributed by atoms with Gasteiger partial charge in [0.1, 0.15) is 5.54 Å². The average Bonchev–Trinajstić information content (AvgIpc) is 2.35. The van der Waals surface area contributed by atoms with E-state index in [1.165, 1.54) is 0 Å². The van der Waals surface area contributed by atoms with Gasteiger partial charge in [0, 0.05) is 19.6 Å². The van der Waals surface area contributed by atoms with E-state index in [0.717, 1.165) is 52.2 Å². The van der Waals surface area contributed by atoms with Crippen molar-refractivity contribution in [1.29, 1.82) is 5.26 Å². The predicted molar refractivity (Wildman–Crippen MR) is 64.2 cm³/mol. The lowest BCUT2D eigenvalue weighted by Crippen LogP contribution is -2.46. The summed E-state index contributed by atoms with van der Waals surface area (Å²) in [5.74, 6) is 0. The molecular formula is C12H23N3O. The fraction of sp³-hybridized carbons (Fsp3) is 0.917. The van der Waals surface area contributed by atoms with E-state index in [2.05, 4.69) is 23.2 Å². The van der Waals surface area contributed by atoms with Crippen molar-refractivity contribution >= 4 is 0 Å². The number of rotatable bonds is 6. The van der Waals surface area contributed by atoms with Crippen molar-refractivity contribution in [2.24, 2.45) is 0 Å². The smallest absolute Gasteiger partial charge is 0.105 e. The molecule has 4 nitrogen and oxygen atoms in total. The Balaban J connectivity index is 2.29. The van der Waals surface area contributed by atoms with Gasteiger partial charge in [0.15, 0.2) is 0 Å². The quantitative estimate of drug-likeness (QED) is 0.732. The van der Waals surface area contributed by atoms with Crippen LogP contribution in [0.25, 0.3) is 0 Å². The summed E-state index contributed by atoms with van der Waals surface area (Å²) in [4.78, 5) is 2.37. The highest BCUT2D eigenvalue weighted by Crippen LogP contribution is 2.10. The number of nitriles is 1. The minimum absolute atomic E-state index is 0.381. The minimum Gasteiger partial charge on any atom is -0.379 e. The van der Waals surface area contributed by atoms with Crippen molar-refractivity contribution in [3.05, 3.63) is 0 Å². The van der Waals surface area contributed by atoms with E-state index in [4.69, 9.17) is 4.74 Å². The van der Waals surface area contributed by atoms with Gasteiger partial charge in [-0.2, -0.15) is 5.26 Å². The SMILES string of the molecule is CCCNC(C)(C#N)CCN1CCOCC1. The first-order chi connectivity index (χ1) is 7.70. The molecule has 0 aromatic carbocycles. The van der Waals surface area contributed by atoms with Crippen molar-refractivity contribution in [1.82, 2.24) is 10.2 Å². The summed E-state index contributed by atoms with van der Waals surface area (Å²) >= 11 is 0. The van der Waals surface area contributed by atoms with Crippen LogP contribution < -0.4 is 5.32 Å². The molecule has 92 valence electrons. The molecule has 0 radical (unpaired) electrons. The van der Waals surface area contributed by atoms with Gasteiger partial charge < -0.3 is 4.74 Å². The van der Waals surface area contributed by atoms with Crippen LogP contribution in [-0.4, -0.2) is 49.8 Å². The average molecular weight is 225 g/mol. The Labute approximate surface area is 98.6 Å². The molecule has 4 heteroatoms. The highest BCUT2D eigenvalue weighted by Gasteiger charge is 2.23. The highest BCUT2D eigenvalue weighted by molar-refractivity contribution is 5.03. The molecule has 0 amide bonds. The molecule has 16 heavy (non-hydrogen) atoms. The first kappa shape index (κ1) is 13.4. The molecule has 1 aliphatic heterocycles. The van der Waals surface area contributed by atoms with Gasteiger partial charge in [0.2, 0.25) is 0 Å². The maximum Gasteiger partial charge on any atom is 0.105 e. The summed E-state index contributed by atoms with van der Waals surface area (Å²) < 4.78 is 5.30. The molecule has 1 rings (SSSR count). The Morgan fingerprint density at radius 2 is 2.12 bits per heavy atom. The minimum atomic E-state index is -0.381. The van der Waals surface area contributed by atoms with Gasteiger partial charge in [-0.3, -0.25) is 10.2 Å². The summed E-state index contributed by atoms with van der Waals surface area (Å²) in [6.07, 6.45) is 1.94. The van der Waals surface area contributed by atoms with Gasteiger partial charge >= 0.3 is 0 Å². The van der Waals surface area contributed by atoms with E-state index >= 15 is 0 Å². The van der Waals surface area contributed by atoms with Gasteiger partial charge in [-0.1, -0.05) is 6.92 Å². The summed E-state index contributed by atoms with van der Waals surface area (Å²) in [6.45, 7) is 9.63. The molecule has 0 bridgehead atoms. The Morgan fingerprint density at radius 1 is 1.44 bits per heavy atom. The molecule has 0 spiro atoms. The fourth-order valence-corrected chi connectivity index (χ4v) is 1.79. The Hall–Kier alpha value is -0.630. The molecule has 0 aromatic heterocycles. The van der Waals surface area contributed by atoms with E-state index < -0.39 is 0 Å². The fourth-order valence-electron chi connectivity index (χ4n) is 1.79. The second-order valence-corrected chi connectivity index (χ2v) is 4.57. The number of hydrogen-bond acceptors (Lipinski definition) is 4. The number of morpholine rings is 1. The van der Waals surface area contributed by atoms with E-state index in [0.29, 0.717) is 0 Å². The van der Waals surface area contributed by atoms with Gasteiger partial charge in [-0.15, -0.1) is 0 Å². The van der Waals surface area contributed by atoms with Gasteiger partial charge in [0.25, 0.3) is 0 Å². The zero-order valence-corrected chi connectivity index (χ0v) is 10.5. The number of nitrogens with one attached hydrogen (secondary N) is 1. The lowest BCUT2D eigenvalue weighted by atomic mass is 9.99. The van der Waals surface area contributed by atoms with Crippen molar-refractivity contribution in [3.63, 3.8) is 0 Å². The van der Waals surface area contributed by atoms with Crippen molar-refractivity contribution in [3.8, 4) is 6.07 Å². The van der Waals surface area contributed by atoms with Crippen LogP contribution in [-0.2, 0) is 4.74 Å². The topological polar surface area (TPSA) is 48.3 Å². The van der Waals surface area contributed by atoms with Crippen LogP contribution in [0.1, 0.15) is 26.7 Å². The third-order valence-corrected chi connectivity index (χ3v) is 3.04. The van der Waals surface area contributed by atoms with Crippen LogP contribution in [0.2, 0.25) is 0 Å². The number of ether oxygens (including phenoxy) is 1. The maximum atomic E-state index is 9.19. The number of hydrogen-bond donors (Lipinski definition) is 1. The molecule has 1 fully saturated rings. The molecule has 0 saturated carbocycles. The molecule has 1 unspecified atom stereocenters. The predicted octanol–water partition coefficient (Wildman–Crippen LogP) is 0.991. The van der Waals surface area contributed by atoms with Crippen LogP contribution in [0.15, 0.2) is 0 Å². The Morgan fingerprint density at radius 3 is 2.69 bits per heavy atom. The van der Waals surface area contributed by atoms with Crippen molar-refractivity contribution in [2.45, 2.75) is 32.2 Å². The molecule has 0 aromatic rings. The zero-order valence-electron chi connectivity index (χ0n) is 10.5. The summed E-state index contributed by atoms with van der Waals surface area (Å²) in [7, 11) is 0. The van der Waals surface area contributed by atoms with Gasteiger partial charge in [-0.25, -0.2) is 0 Å². The summed E-state index contributed by atoms with van der Waals surface area (Å²) in [6, 6.07) is 2.38. The second kappa shape index (κ2) is 6.85. The van der Waals surface area contributed by atoms with Crippen LogP contribution >= 0.6 is 0 Å². The van der Waals surface area contributed by atoms with E-state index in [1.807, 2.05) is 6.92 Å². The molecule has 1 atom stereocenters. The van der Waals surface area contributed by atoms with Crippen molar-refractivity contribution in [2.75, 3.05) is 39.4 Å². The third-order valence-electron chi connectivity index (χ3n) is 3.04. The van der Waals surface area contributed by atoms with Crippen LogP contribution in [0, 0.1) is 11.3 Å². The standard InChI is InChI=1S/C12H23N3O/c1-3-5-14-12(2,11-13)4-6-15-7-9-16-10-8-15/h14H,3-10H2,1-2H3. The second-order valence-electron chi connectivity index (χ2n) is 4.57.